The number of benzene rings is 1. The molecule has 1 aliphatic rings. The van der Waals surface area contributed by atoms with Crippen LogP contribution in [0.1, 0.15) is 12.8 Å². The Balaban J connectivity index is 3.03. The molecular weight excluding hydrogens is 280 g/mol. The number of hydrogen-bond donors (Lipinski definition) is 2. The summed E-state index contributed by atoms with van der Waals surface area (Å²) >= 11 is 0. The first-order chi connectivity index (χ1) is 8.21. The fourth-order valence-corrected chi connectivity index (χ4v) is 3.53. The molecule has 0 amide bonds. The Morgan fingerprint density at radius 1 is 1.00 bits per heavy atom. The molecule has 0 heterocycles. The standard InChI is InChI=1S/C10H10O6S2/c11-17(12,13)9-5-1-3-7-8(9)4-2-6-10(7)18(14,15)16/h1,3-5H,2,6H2,(H,11,12,13)(H,14,15,16). The summed E-state index contributed by atoms with van der Waals surface area (Å²) in [7, 11) is -8.82. The predicted molar refractivity (Wildman–Crippen MR) is 64.2 cm³/mol. The van der Waals surface area contributed by atoms with Crippen molar-refractivity contribution in [2.75, 3.05) is 0 Å². The molecule has 18 heavy (non-hydrogen) atoms. The summed E-state index contributed by atoms with van der Waals surface area (Å²) < 4.78 is 62.9. The number of rotatable bonds is 2. The van der Waals surface area contributed by atoms with Gasteiger partial charge in [-0.05, 0) is 29.3 Å². The third kappa shape index (κ3) is 2.32. The van der Waals surface area contributed by atoms with Crippen molar-refractivity contribution in [3.8, 4) is 0 Å². The zero-order chi connectivity index (χ0) is 13.6. The van der Waals surface area contributed by atoms with Gasteiger partial charge in [0.2, 0.25) is 0 Å². The molecule has 2 rings (SSSR count). The second-order valence-electron chi connectivity index (χ2n) is 3.83. The van der Waals surface area contributed by atoms with E-state index in [0.29, 0.717) is 0 Å². The fourth-order valence-electron chi connectivity index (χ4n) is 1.97. The van der Waals surface area contributed by atoms with Gasteiger partial charge < -0.3 is 0 Å². The van der Waals surface area contributed by atoms with E-state index in [1.165, 1.54) is 24.3 Å². The molecule has 1 aliphatic carbocycles. The molecule has 98 valence electrons. The number of fused-ring (bicyclic) bond motifs is 1. The normalized spacial score (nSPS) is 16.0. The number of hydrogen-bond acceptors (Lipinski definition) is 4. The van der Waals surface area contributed by atoms with E-state index in [0.717, 1.165) is 0 Å². The second kappa shape index (κ2) is 4.16. The van der Waals surface area contributed by atoms with E-state index in [1.54, 1.807) is 0 Å². The van der Waals surface area contributed by atoms with Crippen LogP contribution in [-0.4, -0.2) is 25.9 Å². The maximum absolute atomic E-state index is 11.2. The van der Waals surface area contributed by atoms with Crippen LogP contribution in [0.4, 0.5) is 0 Å². The highest BCUT2D eigenvalue weighted by Crippen LogP contribution is 2.15. The van der Waals surface area contributed by atoms with Crippen molar-refractivity contribution in [2.45, 2.75) is 17.7 Å². The van der Waals surface area contributed by atoms with Gasteiger partial charge in [-0.15, -0.1) is 0 Å². The summed E-state index contributed by atoms with van der Waals surface area (Å²) in [6.07, 6.45) is 1.89. The third-order valence-corrected chi connectivity index (χ3v) is 4.63. The molecule has 2 N–H and O–H groups in total. The average Bonchev–Trinajstić information content (AvgIpc) is 2.24. The van der Waals surface area contributed by atoms with Crippen molar-refractivity contribution in [1.29, 1.82) is 0 Å². The zero-order valence-corrected chi connectivity index (χ0v) is 10.7. The summed E-state index contributed by atoms with van der Waals surface area (Å²) in [4.78, 5) is -0.591. The van der Waals surface area contributed by atoms with Crippen LogP contribution < -0.4 is 10.4 Å². The van der Waals surface area contributed by atoms with Crippen LogP contribution in [0.25, 0.3) is 11.0 Å². The highest BCUT2D eigenvalue weighted by molar-refractivity contribution is 7.95. The van der Waals surface area contributed by atoms with Crippen LogP contribution in [-0.2, 0) is 20.2 Å². The average molecular weight is 290 g/mol. The van der Waals surface area contributed by atoms with E-state index in [9.17, 15) is 16.8 Å². The van der Waals surface area contributed by atoms with Crippen molar-refractivity contribution < 1.29 is 25.9 Å². The smallest absolute Gasteiger partial charge is 0.282 e. The van der Waals surface area contributed by atoms with Crippen LogP contribution in [0.5, 0.6) is 0 Å². The lowest BCUT2D eigenvalue weighted by Gasteiger charge is -2.09. The molecule has 0 radical (unpaired) electrons. The van der Waals surface area contributed by atoms with Gasteiger partial charge in [0.25, 0.3) is 20.2 Å². The van der Waals surface area contributed by atoms with Crippen LogP contribution >= 0.6 is 0 Å². The van der Waals surface area contributed by atoms with Gasteiger partial charge in [0.05, 0.1) is 4.91 Å². The van der Waals surface area contributed by atoms with Gasteiger partial charge in [-0.2, -0.15) is 16.8 Å². The minimum absolute atomic E-state index is 0.0980. The van der Waals surface area contributed by atoms with Crippen molar-refractivity contribution >= 4 is 31.2 Å². The van der Waals surface area contributed by atoms with Crippen LogP contribution in [0.15, 0.2) is 23.1 Å². The van der Waals surface area contributed by atoms with E-state index in [-0.39, 0.29) is 33.1 Å². The van der Waals surface area contributed by atoms with Crippen LogP contribution in [0, 0.1) is 0 Å². The van der Waals surface area contributed by atoms with E-state index in [4.69, 9.17) is 9.11 Å². The summed E-state index contributed by atoms with van der Waals surface area (Å²) in [5.41, 5.74) is 0. The van der Waals surface area contributed by atoms with Crippen molar-refractivity contribution in [2.24, 2.45) is 0 Å². The quantitative estimate of drug-likeness (QED) is 0.711. The maximum atomic E-state index is 11.2. The molecule has 8 heteroatoms. The lowest BCUT2D eigenvalue weighted by Crippen LogP contribution is -2.35. The summed E-state index contributed by atoms with van der Waals surface area (Å²) in [6, 6.07) is 3.88. The molecule has 1 aromatic carbocycles. The topological polar surface area (TPSA) is 109 Å². The predicted octanol–water partition coefficient (Wildman–Crippen LogP) is -0.496. The fraction of sp³-hybridized carbons (Fsp3) is 0.200. The summed E-state index contributed by atoms with van der Waals surface area (Å²) in [5, 5.41) is 0.220. The summed E-state index contributed by atoms with van der Waals surface area (Å²) in [5.74, 6) is 0. The molecular formula is C10H10O6S2. The van der Waals surface area contributed by atoms with E-state index in [2.05, 4.69) is 0 Å². The molecule has 0 unspecified atom stereocenters. The van der Waals surface area contributed by atoms with Crippen molar-refractivity contribution in [3.05, 3.63) is 28.6 Å². The van der Waals surface area contributed by atoms with Gasteiger partial charge in [0, 0.05) is 0 Å². The van der Waals surface area contributed by atoms with E-state index >= 15 is 0 Å². The second-order valence-corrected chi connectivity index (χ2v) is 6.67. The first kappa shape index (κ1) is 13.2. The first-order valence-corrected chi connectivity index (χ1v) is 7.86. The molecule has 0 spiro atoms. The SMILES string of the molecule is O=S(=O)(O)C1=c2cccc(S(=O)(=O)O)c2=CCC1. The van der Waals surface area contributed by atoms with Crippen LogP contribution in [0.3, 0.4) is 0 Å². The highest BCUT2D eigenvalue weighted by atomic mass is 32.2. The highest BCUT2D eigenvalue weighted by Gasteiger charge is 2.20. The summed E-state index contributed by atoms with van der Waals surface area (Å²) in [6.45, 7) is 0. The molecule has 0 atom stereocenters. The Morgan fingerprint density at radius 3 is 2.22 bits per heavy atom. The Kier molecular flexibility index (Phi) is 3.06. The van der Waals surface area contributed by atoms with Gasteiger partial charge in [0.1, 0.15) is 4.90 Å². The Hall–Kier alpha value is -1.22. The molecule has 6 nitrogen and oxygen atoms in total. The minimum Gasteiger partial charge on any atom is -0.282 e. The molecule has 0 aromatic heterocycles. The van der Waals surface area contributed by atoms with Gasteiger partial charge in [-0.1, -0.05) is 18.2 Å². The van der Waals surface area contributed by atoms with Gasteiger partial charge in [0.15, 0.2) is 0 Å². The lowest BCUT2D eigenvalue weighted by atomic mass is 10.1. The van der Waals surface area contributed by atoms with Gasteiger partial charge in [-0.25, -0.2) is 0 Å². The third-order valence-electron chi connectivity index (χ3n) is 2.68. The van der Waals surface area contributed by atoms with E-state index < -0.39 is 20.2 Å². The van der Waals surface area contributed by atoms with E-state index in [1.807, 2.05) is 0 Å². The van der Waals surface area contributed by atoms with Crippen molar-refractivity contribution in [1.82, 2.24) is 0 Å². The Labute approximate surface area is 104 Å². The Morgan fingerprint density at radius 2 is 1.67 bits per heavy atom. The first-order valence-electron chi connectivity index (χ1n) is 4.98. The molecule has 1 aromatic rings. The Bertz CT molecular complexity index is 818. The lowest BCUT2D eigenvalue weighted by molar-refractivity contribution is 0.481. The molecule has 0 saturated carbocycles. The monoisotopic (exact) mass is 290 g/mol. The molecule has 0 bridgehead atoms. The van der Waals surface area contributed by atoms with Gasteiger partial charge >= 0.3 is 0 Å². The van der Waals surface area contributed by atoms with Crippen molar-refractivity contribution in [3.63, 3.8) is 0 Å². The zero-order valence-electron chi connectivity index (χ0n) is 9.07. The molecule has 0 saturated heterocycles. The molecule has 0 fully saturated rings. The van der Waals surface area contributed by atoms with Gasteiger partial charge in [-0.3, -0.25) is 9.11 Å². The molecule has 0 aliphatic heterocycles. The van der Waals surface area contributed by atoms with Crippen LogP contribution in [0.2, 0.25) is 0 Å². The largest absolute Gasteiger partial charge is 0.295 e. The maximum Gasteiger partial charge on any atom is 0.295 e. The minimum atomic E-state index is -4.43.